The smallest absolute Gasteiger partial charge is 0.245 e. The predicted octanol–water partition coefficient (Wildman–Crippen LogP) is 2.19. The van der Waals surface area contributed by atoms with E-state index in [0.29, 0.717) is 22.4 Å². The zero-order valence-corrected chi connectivity index (χ0v) is 11.6. The fourth-order valence-electron chi connectivity index (χ4n) is 2.29. The van der Waals surface area contributed by atoms with E-state index in [1.165, 1.54) is 18.2 Å². The van der Waals surface area contributed by atoms with Gasteiger partial charge in [-0.15, -0.1) is 5.10 Å². The Bertz CT molecular complexity index is 607. The molecule has 7 heteroatoms. The highest BCUT2D eigenvalue weighted by atomic mass is 35.5. The Kier molecular flexibility index (Phi) is 3.58. The molecule has 0 bridgehead atoms. The fraction of sp³-hybridized carbons (Fsp3) is 0.385. The molecule has 5 nitrogen and oxygen atoms in total. The molecule has 3 rings (SSSR count). The van der Waals surface area contributed by atoms with E-state index in [-0.39, 0.29) is 11.9 Å². The van der Waals surface area contributed by atoms with Crippen LogP contribution in [0.5, 0.6) is 0 Å². The Morgan fingerprint density at radius 3 is 2.85 bits per heavy atom. The van der Waals surface area contributed by atoms with E-state index >= 15 is 0 Å². The van der Waals surface area contributed by atoms with E-state index < -0.39 is 0 Å². The molecule has 1 aliphatic rings. The molecule has 0 saturated carbocycles. The summed E-state index contributed by atoms with van der Waals surface area (Å²) in [5.74, 6) is 0.582. The molecule has 106 valence electrons. The summed E-state index contributed by atoms with van der Waals surface area (Å²) < 4.78 is 13.8. The molecule has 2 heterocycles. The Morgan fingerprint density at radius 1 is 1.35 bits per heavy atom. The van der Waals surface area contributed by atoms with Gasteiger partial charge in [-0.3, -0.25) is 5.10 Å². The number of hydrogen-bond donors (Lipinski definition) is 2. The second-order valence-electron chi connectivity index (χ2n) is 4.93. The minimum atomic E-state index is -0.377. The number of nitrogens with two attached hydrogens (primary N) is 1. The van der Waals surface area contributed by atoms with Gasteiger partial charge in [0, 0.05) is 24.2 Å². The first-order valence-corrected chi connectivity index (χ1v) is 6.89. The Labute approximate surface area is 120 Å². The maximum Gasteiger partial charge on any atom is 0.245 e. The van der Waals surface area contributed by atoms with Crippen molar-refractivity contribution < 1.29 is 4.39 Å². The number of benzene rings is 1. The molecule has 0 unspecified atom stereocenters. The van der Waals surface area contributed by atoms with Crippen LogP contribution in [0.15, 0.2) is 18.2 Å². The first kappa shape index (κ1) is 13.3. The number of nitrogens with zero attached hydrogens (tertiary/aromatic N) is 3. The summed E-state index contributed by atoms with van der Waals surface area (Å²) in [5, 5.41) is 7.38. The van der Waals surface area contributed by atoms with E-state index in [1.807, 2.05) is 4.90 Å². The molecule has 0 spiro atoms. The van der Waals surface area contributed by atoms with Gasteiger partial charge in [0.25, 0.3) is 0 Å². The lowest BCUT2D eigenvalue weighted by Crippen LogP contribution is -2.40. The van der Waals surface area contributed by atoms with E-state index in [2.05, 4.69) is 15.2 Å². The molecule has 1 saturated heterocycles. The van der Waals surface area contributed by atoms with Crippen LogP contribution in [0.3, 0.4) is 0 Å². The monoisotopic (exact) mass is 295 g/mol. The predicted molar refractivity (Wildman–Crippen MR) is 76.2 cm³/mol. The number of H-pyrrole nitrogens is 1. The Hall–Kier alpha value is -1.66. The SMILES string of the molecule is NC1CCN(c2n[nH]c(-c3cc(Cl)ccc3F)n2)CC1. The third kappa shape index (κ3) is 2.62. The second-order valence-corrected chi connectivity index (χ2v) is 5.37. The molecule has 1 aliphatic heterocycles. The van der Waals surface area contributed by atoms with E-state index in [4.69, 9.17) is 17.3 Å². The molecule has 0 aliphatic carbocycles. The molecular formula is C13H15ClFN5. The average Bonchev–Trinajstić information content (AvgIpc) is 2.92. The van der Waals surface area contributed by atoms with Gasteiger partial charge in [0.2, 0.25) is 5.95 Å². The summed E-state index contributed by atoms with van der Waals surface area (Å²) in [6, 6.07) is 4.60. The third-order valence-electron chi connectivity index (χ3n) is 3.48. The van der Waals surface area contributed by atoms with Crippen LogP contribution in [0.4, 0.5) is 10.3 Å². The normalized spacial score (nSPS) is 16.6. The number of aromatic amines is 1. The summed E-state index contributed by atoms with van der Waals surface area (Å²) in [6.07, 6.45) is 1.82. The van der Waals surface area contributed by atoms with Crippen molar-refractivity contribution in [3.63, 3.8) is 0 Å². The Morgan fingerprint density at radius 2 is 2.10 bits per heavy atom. The van der Waals surface area contributed by atoms with Crippen LogP contribution in [-0.4, -0.2) is 34.3 Å². The van der Waals surface area contributed by atoms with Crippen molar-refractivity contribution in [2.24, 2.45) is 5.73 Å². The van der Waals surface area contributed by atoms with Crippen molar-refractivity contribution in [3.05, 3.63) is 29.0 Å². The van der Waals surface area contributed by atoms with E-state index in [1.54, 1.807) is 0 Å². The highest BCUT2D eigenvalue weighted by Gasteiger charge is 2.20. The van der Waals surface area contributed by atoms with Crippen LogP contribution >= 0.6 is 11.6 Å². The number of hydrogen-bond acceptors (Lipinski definition) is 4. The first-order chi connectivity index (χ1) is 9.63. The first-order valence-electron chi connectivity index (χ1n) is 6.52. The second kappa shape index (κ2) is 5.38. The van der Waals surface area contributed by atoms with E-state index in [9.17, 15) is 4.39 Å². The van der Waals surface area contributed by atoms with Gasteiger partial charge in [-0.1, -0.05) is 11.6 Å². The molecule has 1 fully saturated rings. The molecule has 1 aromatic heterocycles. The van der Waals surface area contributed by atoms with Gasteiger partial charge in [0.15, 0.2) is 5.82 Å². The topological polar surface area (TPSA) is 70.8 Å². The maximum absolute atomic E-state index is 13.8. The van der Waals surface area contributed by atoms with Crippen LogP contribution in [-0.2, 0) is 0 Å². The molecule has 0 radical (unpaired) electrons. The van der Waals surface area contributed by atoms with Crippen LogP contribution in [0.25, 0.3) is 11.4 Å². The van der Waals surface area contributed by atoms with Gasteiger partial charge in [-0.05, 0) is 31.0 Å². The fourth-order valence-corrected chi connectivity index (χ4v) is 2.47. The molecular weight excluding hydrogens is 281 g/mol. The maximum atomic E-state index is 13.8. The quantitative estimate of drug-likeness (QED) is 0.891. The van der Waals surface area contributed by atoms with E-state index in [0.717, 1.165) is 25.9 Å². The summed E-state index contributed by atoms with van der Waals surface area (Å²) in [6.45, 7) is 1.63. The summed E-state index contributed by atoms with van der Waals surface area (Å²) >= 11 is 5.89. The summed E-state index contributed by atoms with van der Waals surface area (Å²) in [5.41, 5.74) is 6.19. The number of halogens is 2. The minimum Gasteiger partial charge on any atom is -0.339 e. The number of piperidine rings is 1. The standard InChI is InChI=1S/C13H15ClFN5/c14-8-1-2-11(15)10(7-8)12-17-13(19-18-12)20-5-3-9(16)4-6-20/h1-2,7,9H,3-6,16H2,(H,17,18,19). The molecule has 0 amide bonds. The number of nitrogens with one attached hydrogen (secondary N) is 1. The highest BCUT2D eigenvalue weighted by Crippen LogP contribution is 2.25. The van der Waals surface area contributed by atoms with Crippen molar-refractivity contribution >= 4 is 17.5 Å². The highest BCUT2D eigenvalue weighted by molar-refractivity contribution is 6.30. The average molecular weight is 296 g/mol. The van der Waals surface area contributed by atoms with Crippen LogP contribution in [0, 0.1) is 5.82 Å². The van der Waals surface area contributed by atoms with Gasteiger partial charge in [-0.25, -0.2) is 4.39 Å². The van der Waals surface area contributed by atoms with Crippen molar-refractivity contribution in [1.82, 2.24) is 15.2 Å². The van der Waals surface area contributed by atoms with Gasteiger partial charge in [0.1, 0.15) is 5.82 Å². The molecule has 1 aromatic carbocycles. The molecule has 3 N–H and O–H groups in total. The minimum absolute atomic E-state index is 0.245. The zero-order chi connectivity index (χ0) is 14.1. The molecule has 20 heavy (non-hydrogen) atoms. The zero-order valence-electron chi connectivity index (χ0n) is 10.8. The molecule has 0 atom stereocenters. The van der Waals surface area contributed by atoms with Crippen LogP contribution in [0.1, 0.15) is 12.8 Å². The van der Waals surface area contributed by atoms with Crippen LogP contribution < -0.4 is 10.6 Å². The van der Waals surface area contributed by atoms with Gasteiger partial charge in [0.05, 0.1) is 5.56 Å². The lowest BCUT2D eigenvalue weighted by Gasteiger charge is -2.28. The summed E-state index contributed by atoms with van der Waals surface area (Å²) in [4.78, 5) is 6.40. The number of aromatic nitrogens is 3. The van der Waals surface area contributed by atoms with Gasteiger partial charge >= 0.3 is 0 Å². The molecule has 2 aromatic rings. The van der Waals surface area contributed by atoms with Crippen LogP contribution in [0.2, 0.25) is 5.02 Å². The van der Waals surface area contributed by atoms with Gasteiger partial charge < -0.3 is 10.6 Å². The van der Waals surface area contributed by atoms with Crippen molar-refractivity contribution in [2.75, 3.05) is 18.0 Å². The lowest BCUT2D eigenvalue weighted by atomic mass is 10.1. The summed E-state index contributed by atoms with van der Waals surface area (Å²) in [7, 11) is 0. The largest absolute Gasteiger partial charge is 0.339 e. The van der Waals surface area contributed by atoms with Gasteiger partial charge in [-0.2, -0.15) is 4.98 Å². The van der Waals surface area contributed by atoms with Crippen molar-refractivity contribution in [1.29, 1.82) is 0 Å². The lowest BCUT2D eigenvalue weighted by molar-refractivity contribution is 0.496. The number of rotatable bonds is 2. The number of anilines is 1. The van der Waals surface area contributed by atoms with Crippen molar-refractivity contribution in [3.8, 4) is 11.4 Å². The third-order valence-corrected chi connectivity index (χ3v) is 3.71. The van der Waals surface area contributed by atoms with Crippen molar-refractivity contribution in [2.45, 2.75) is 18.9 Å². The Balaban J connectivity index is 1.85.